The van der Waals surface area contributed by atoms with Crippen LogP contribution in [0.5, 0.6) is 0 Å². The van der Waals surface area contributed by atoms with E-state index >= 15 is 0 Å². The van der Waals surface area contributed by atoms with Gasteiger partial charge >= 0.3 is 0 Å². The number of benzene rings is 1. The van der Waals surface area contributed by atoms with Crippen LogP contribution in [0.25, 0.3) is 0 Å². The smallest absolute Gasteiger partial charge is 0.251 e. The van der Waals surface area contributed by atoms with Crippen molar-refractivity contribution >= 4 is 5.91 Å². The maximum Gasteiger partial charge on any atom is 0.251 e. The predicted octanol–water partition coefficient (Wildman–Crippen LogP) is 0.344. The van der Waals surface area contributed by atoms with Crippen molar-refractivity contribution in [3.05, 3.63) is 35.6 Å². The Morgan fingerprint density at radius 2 is 2.08 bits per heavy atom. The number of carbonyl (C=O) groups is 1. The van der Waals surface area contributed by atoms with Crippen LogP contribution in [0, 0.1) is 5.82 Å². The van der Waals surface area contributed by atoms with Gasteiger partial charge < -0.3 is 10.8 Å². The lowest BCUT2D eigenvalue weighted by atomic mass is 10.1. The molecule has 0 spiro atoms. The minimum atomic E-state index is -1.56. The number of hydrogen-bond donors (Lipinski definition) is 2. The number of carbonyl (C=O) groups excluding carboxylic acids is 1. The van der Waals surface area contributed by atoms with Gasteiger partial charge in [0.1, 0.15) is 5.82 Å². The van der Waals surface area contributed by atoms with Gasteiger partial charge in [0.15, 0.2) is 6.10 Å². The highest BCUT2D eigenvalue weighted by Gasteiger charge is 2.16. The Balaban J connectivity index is 3.02. The van der Waals surface area contributed by atoms with Crippen LogP contribution in [0.3, 0.4) is 0 Å². The number of nitrogens with two attached hydrogens (primary N) is 1. The van der Waals surface area contributed by atoms with Gasteiger partial charge in [0.2, 0.25) is 0 Å². The molecule has 0 aliphatic heterocycles. The third-order valence-corrected chi connectivity index (χ3v) is 1.47. The second-order valence-electron chi connectivity index (χ2n) is 2.33. The number of hydrogen-bond acceptors (Lipinski definition) is 2. The quantitative estimate of drug-likeness (QED) is 0.670. The zero-order valence-corrected chi connectivity index (χ0v) is 6.20. The van der Waals surface area contributed by atoms with Gasteiger partial charge in [-0.25, -0.2) is 4.39 Å². The summed E-state index contributed by atoms with van der Waals surface area (Å²) in [5, 5.41) is 9.06. The monoisotopic (exact) mass is 169 g/mol. The molecular formula is C8H8FNO2. The Morgan fingerprint density at radius 1 is 1.50 bits per heavy atom. The van der Waals surface area contributed by atoms with Crippen LogP contribution >= 0.6 is 0 Å². The lowest BCUT2D eigenvalue weighted by molar-refractivity contribution is -0.126. The van der Waals surface area contributed by atoms with E-state index in [1.807, 2.05) is 0 Å². The van der Waals surface area contributed by atoms with E-state index in [4.69, 9.17) is 10.8 Å². The van der Waals surface area contributed by atoms with Crippen LogP contribution in [0.4, 0.5) is 4.39 Å². The van der Waals surface area contributed by atoms with E-state index in [1.54, 1.807) is 0 Å². The van der Waals surface area contributed by atoms with Crippen molar-refractivity contribution in [2.24, 2.45) is 5.73 Å². The second-order valence-corrected chi connectivity index (χ2v) is 2.33. The first-order chi connectivity index (χ1) is 5.63. The van der Waals surface area contributed by atoms with E-state index < -0.39 is 17.8 Å². The third kappa shape index (κ3) is 1.60. The van der Waals surface area contributed by atoms with Crippen molar-refractivity contribution in [1.29, 1.82) is 0 Å². The average molecular weight is 169 g/mol. The van der Waals surface area contributed by atoms with Crippen LogP contribution in [0.2, 0.25) is 0 Å². The highest BCUT2D eigenvalue weighted by atomic mass is 19.1. The molecule has 3 nitrogen and oxygen atoms in total. The fraction of sp³-hybridized carbons (Fsp3) is 0.125. The van der Waals surface area contributed by atoms with E-state index in [0.717, 1.165) is 6.07 Å². The molecule has 0 radical (unpaired) electrons. The molecule has 4 heteroatoms. The second kappa shape index (κ2) is 3.32. The molecule has 0 unspecified atom stereocenters. The van der Waals surface area contributed by atoms with E-state index in [0.29, 0.717) is 0 Å². The summed E-state index contributed by atoms with van der Waals surface area (Å²) in [6, 6.07) is 5.45. The van der Waals surface area contributed by atoms with Crippen molar-refractivity contribution in [3.8, 4) is 0 Å². The van der Waals surface area contributed by atoms with Gasteiger partial charge in [-0.2, -0.15) is 0 Å². The first-order valence-electron chi connectivity index (χ1n) is 3.34. The van der Waals surface area contributed by atoms with Crippen molar-refractivity contribution < 1.29 is 14.3 Å². The number of amides is 1. The van der Waals surface area contributed by atoms with Crippen molar-refractivity contribution in [3.63, 3.8) is 0 Å². The minimum Gasteiger partial charge on any atom is -0.378 e. The van der Waals surface area contributed by atoms with Gasteiger partial charge in [0, 0.05) is 5.56 Å². The molecule has 1 amide bonds. The first-order valence-corrected chi connectivity index (χ1v) is 3.34. The Labute approximate surface area is 68.6 Å². The van der Waals surface area contributed by atoms with Gasteiger partial charge in [-0.05, 0) is 6.07 Å². The Hall–Kier alpha value is -1.42. The molecule has 0 bridgehead atoms. The summed E-state index contributed by atoms with van der Waals surface area (Å²) in [4.78, 5) is 10.5. The molecule has 12 heavy (non-hydrogen) atoms. The van der Waals surface area contributed by atoms with Gasteiger partial charge in [-0.3, -0.25) is 4.79 Å². The van der Waals surface area contributed by atoms with Crippen LogP contribution in [-0.4, -0.2) is 11.0 Å². The molecule has 0 fully saturated rings. The van der Waals surface area contributed by atoms with E-state index in [9.17, 15) is 9.18 Å². The molecule has 64 valence electrons. The molecule has 0 heterocycles. The van der Waals surface area contributed by atoms with E-state index in [-0.39, 0.29) is 5.56 Å². The summed E-state index contributed by atoms with van der Waals surface area (Å²) >= 11 is 0. The summed E-state index contributed by atoms with van der Waals surface area (Å²) in [5.41, 5.74) is 4.69. The highest BCUT2D eigenvalue weighted by molar-refractivity contribution is 5.80. The maximum atomic E-state index is 12.8. The fourth-order valence-corrected chi connectivity index (χ4v) is 0.850. The van der Waals surface area contributed by atoms with Crippen LogP contribution in [0.15, 0.2) is 24.3 Å². The molecule has 1 aromatic carbocycles. The summed E-state index contributed by atoms with van der Waals surface area (Å²) in [6.07, 6.45) is -1.56. The molecule has 0 aromatic heterocycles. The van der Waals surface area contributed by atoms with Crippen molar-refractivity contribution in [1.82, 2.24) is 0 Å². The normalized spacial score (nSPS) is 12.5. The van der Waals surface area contributed by atoms with Crippen LogP contribution in [-0.2, 0) is 4.79 Å². The number of aliphatic hydroxyl groups is 1. The predicted molar refractivity (Wildman–Crippen MR) is 40.6 cm³/mol. The SMILES string of the molecule is NC(=O)[C@@H](O)c1ccccc1F. The fourth-order valence-electron chi connectivity index (χ4n) is 0.850. The third-order valence-electron chi connectivity index (χ3n) is 1.47. The summed E-state index contributed by atoms with van der Waals surface area (Å²) < 4.78 is 12.8. The topological polar surface area (TPSA) is 63.3 Å². The average Bonchev–Trinajstić information content (AvgIpc) is 2.04. The molecule has 1 aromatic rings. The minimum absolute atomic E-state index is 0.0926. The van der Waals surface area contributed by atoms with Crippen molar-refractivity contribution in [2.75, 3.05) is 0 Å². The summed E-state index contributed by atoms with van der Waals surface area (Å²) in [5.74, 6) is -1.59. The first kappa shape index (κ1) is 8.67. The zero-order chi connectivity index (χ0) is 9.14. The number of halogens is 1. The molecule has 0 saturated carbocycles. The van der Waals surface area contributed by atoms with E-state index in [1.165, 1.54) is 18.2 Å². The Bertz CT molecular complexity index is 301. The summed E-state index contributed by atoms with van der Waals surface area (Å²) in [6.45, 7) is 0. The Kier molecular flexibility index (Phi) is 2.40. The van der Waals surface area contributed by atoms with Gasteiger partial charge in [0.05, 0.1) is 0 Å². The highest BCUT2D eigenvalue weighted by Crippen LogP contribution is 2.15. The van der Waals surface area contributed by atoms with E-state index in [2.05, 4.69) is 0 Å². The summed E-state index contributed by atoms with van der Waals surface area (Å²) in [7, 11) is 0. The van der Waals surface area contributed by atoms with Gasteiger partial charge in [0.25, 0.3) is 5.91 Å². The number of primary amides is 1. The molecule has 1 rings (SSSR count). The standard InChI is InChI=1S/C8H8FNO2/c9-6-4-2-1-3-5(6)7(11)8(10)12/h1-4,7,11H,(H2,10,12)/t7-/m0/s1. The largest absolute Gasteiger partial charge is 0.378 e. The van der Waals surface area contributed by atoms with Gasteiger partial charge in [-0.15, -0.1) is 0 Å². The van der Waals surface area contributed by atoms with Crippen LogP contribution in [0.1, 0.15) is 11.7 Å². The molecular weight excluding hydrogens is 161 g/mol. The number of aliphatic hydroxyl groups excluding tert-OH is 1. The Morgan fingerprint density at radius 3 is 2.58 bits per heavy atom. The molecule has 0 aliphatic carbocycles. The lowest BCUT2D eigenvalue weighted by Gasteiger charge is -2.06. The van der Waals surface area contributed by atoms with Gasteiger partial charge in [-0.1, -0.05) is 18.2 Å². The molecule has 3 N–H and O–H groups in total. The molecule has 0 aliphatic rings. The number of rotatable bonds is 2. The molecule has 1 atom stereocenters. The molecule has 0 saturated heterocycles. The zero-order valence-electron chi connectivity index (χ0n) is 6.20. The lowest BCUT2D eigenvalue weighted by Crippen LogP contribution is -2.21. The van der Waals surface area contributed by atoms with Crippen LogP contribution < -0.4 is 5.73 Å². The van der Waals surface area contributed by atoms with Crippen molar-refractivity contribution in [2.45, 2.75) is 6.10 Å². The maximum absolute atomic E-state index is 12.8.